The van der Waals surface area contributed by atoms with Crippen LogP contribution in [0.2, 0.25) is 0 Å². The number of aryl methyl sites for hydroxylation is 1. The normalized spacial score (nSPS) is 18.4. The summed E-state index contributed by atoms with van der Waals surface area (Å²) >= 11 is 3.33. The molecule has 2 aromatic heterocycles. The minimum absolute atomic E-state index is 0.119. The van der Waals surface area contributed by atoms with Crippen LogP contribution in [0.4, 0.5) is 24.8 Å². The first-order valence-electron chi connectivity index (χ1n) is 9.14. The standard InChI is InChI=1S/C20H17BrF3N5O/c1-11-3-2-4-17(25-11)27-19(30)15-10-18-26-14(12-5-7-13(21)8-6-12)9-16(20(22,23)24)29(18)28-15/h2-8,10,14,16,26H,9H2,1H3,(H,25,27,30). The van der Waals surface area contributed by atoms with Gasteiger partial charge in [0.15, 0.2) is 11.7 Å². The number of hydrogen-bond acceptors (Lipinski definition) is 4. The predicted molar refractivity (Wildman–Crippen MR) is 109 cm³/mol. The van der Waals surface area contributed by atoms with Crippen molar-refractivity contribution in [1.29, 1.82) is 0 Å². The number of fused-ring (bicyclic) bond motifs is 1. The number of benzene rings is 1. The smallest absolute Gasteiger partial charge is 0.363 e. The van der Waals surface area contributed by atoms with E-state index in [0.717, 1.165) is 14.7 Å². The van der Waals surface area contributed by atoms with Gasteiger partial charge in [0.2, 0.25) is 0 Å². The van der Waals surface area contributed by atoms with Crippen LogP contribution in [0.25, 0.3) is 0 Å². The fraction of sp³-hybridized carbons (Fsp3) is 0.250. The molecule has 2 unspecified atom stereocenters. The minimum Gasteiger partial charge on any atom is -0.363 e. The number of pyridine rings is 1. The van der Waals surface area contributed by atoms with Crippen LogP contribution < -0.4 is 10.6 Å². The van der Waals surface area contributed by atoms with E-state index >= 15 is 0 Å². The monoisotopic (exact) mass is 479 g/mol. The molecule has 0 bridgehead atoms. The van der Waals surface area contributed by atoms with Crippen LogP contribution in [0.1, 0.15) is 40.3 Å². The molecule has 0 saturated carbocycles. The van der Waals surface area contributed by atoms with Gasteiger partial charge in [-0.2, -0.15) is 18.3 Å². The fourth-order valence-corrected chi connectivity index (χ4v) is 3.66. The highest BCUT2D eigenvalue weighted by atomic mass is 79.9. The predicted octanol–water partition coefficient (Wildman–Crippen LogP) is 5.26. The number of nitrogens with one attached hydrogen (secondary N) is 2. The van der Waals surface area contributed by atoms with E-state index in [1.54, 1.807) is 49.4 Å². The van der Waals surface area contributed by atoms with Crippen molar-refractivity contribution >= 4 is 33.5 Å². The van der Waals surface area contributed by atoms with Crippen LogP contribution >= 0.6 is 15.9 Å². The second kappa shape index (κ2) is 7.75. The molecule has 3 aromatic rings. The van der Waals surface area contributed by atoms with E-state index < -0.39 is 24.2 Å². The van der Waals surface area contributed by atoms with Crippen molar-refractivity contribution in [3.05, 3.63) is 70.0 Å². The molecule has 2 N–H and O–H groups in total. The van der Waals surface area contributed by atoms with Crippen molar-refractivity contribution < 1.29 is 18.0 Å². The number of carbonyl (C=O) groups excluding carboxylic acids is 1. The van der Waals surface area contributed by atoms with Gasteiger partial charge in [0.25, 0.3) is 5.91 Å². The summed E-state index contributed by atoms with van der Waals surface area (Å²) in [4.78, 5) is 16.7. The maximum absolute atomic E-state index is 13.8. The van der Waals surface area contributed by atoms with Gasteiger partial charge in [0.1, 0.15) is 11.6 Å². The molecule has 1 amide bonds. The molecule has 4 rings (SSSR count). The maximum atomic E-state index is 13.8. The van der Waals surface area contributed by atoms with E-state index in [2.05, 4.69) is 36.6 Å². The number of hydrogen-bond donors (Lipinski definition) is 2. The zero-order valence-corrected chi connectivity index (χ0v) is 17.3. The highest BCUT2D eigenvalue weighted by molar-refractivity contribution is 9.10. The fourth-order valence-electron chi connectivity index (χ4n) is 3.39. The van der Waals surface area contributed by atoms with Crippen LogP contribution in [0, 0.1) is 6.92 Å². The van der Waals surface area contributed by atoms with Gasteiger partial charge in [-0.15, -0.1) is 0 Å². The van der Waals surface area contributed by atoms with Gasteiger partial charge in [-0.25, -0.2) is 9.67 Å². The number of amides is 1. The number of nitrogens with zero attached hydrogens (tertiary/aromatic N) is 3. The lowest BCUT2D eigenvalue weighted by Crippen LogP contribution is -2.35. The summed E-state index contributed by atoms with van der Waals surface area (Å²) in [5.41, 5.74) is 1.30. The van der Waals surface area contributed by atoms with E-state index in [4.69, 9.17) is 0 Å². The van der Waals surface area contributed by atoms with Crippen LogP contribution in [-0.4, -0.2) is 26.8 Å². The van der Waals surface area contributed by atoms with Gasteiger partial charge in [-0.1, -0.05) is 34.1 Å². The molecule has 156 valence electrons. The Labute approximate surface area is 178 Å². The van der Waals surface area contributed by atoms with Gasteiger partial charge < -0.3 is 10.6 Å². The SMILES string of the molecule is Cc1cccc(NC(=O)c2cc3n(n2)C(C(F)(F)F)CC(c2ccc(Br)cc2)N3)n1. The van der Waals surface area contributed by atoms with Crippen molar-refractivity contribution in [2.24, 2.45) is 0 Å². The molecular weight excluding hydrogens is 463 g/mol. The Bertz CT molecular complexity index is 1080. The Morgan fingerprint density at radius 2 is 1.97 bits per heavy atom. The Balaban J connectivity index is 1.64. The number of anilines is 2. The molecule has 6 nitrogen and oxygen atoms in total. The van der Waals surface area contributed by atoms with E-state index in [9.17, 15) is 18.0 Å². The zero-order chi connectivity index (χ0) is 21.5. The molecule has 0 spiro atoms. The number of aromatic nitrogens is 3. The topological polar surface area (TPSA) is 71.8 Å². The second-order valence-electron chi connectivity index (χ2n) is 7.02. The van der Waals surface area contributed by atoms with Gasteiger partial charge >= 0.3 is 6.18 Å². The lowest BCUT2D eigenvalue weighted by atomic mass is 9.97. The summed E-state index contributed by atoms with van der Waals surface area (Å²) in [5.74, 6) is -0.184. The second-order valence-corrected chi connectivity index (χ2v) is 7.93. The average Bonchev–Trinajstić information content (AvgIpc) is 3.11. The highest BCUT2D eigenvalue weighted by Gasteiger charge is 2.46. The summed E-state index contributed by atoms with van der Waals surface area (Å²) in [5, 5.41) is 9.59. The number of carbonyl (C=O) groups is 1. The number of rotatable bonds is 3. The summed E-state index contributed by atoms with van der Waals surface area (Å²) in [6.07, 6.45) is -4.75. The average molecular weight is 480 g/mol. The molecule has 1 aliphatic rings. The zero-order valence-electron chi connectivity index (χ0n) is 15.7. The van der Waals surface area contributed by atoms with Crippen molar-refractivity contribution in [2.75, 3.05) is 10.6 Å². The molecule has 10 heteroatoms. The summed E-state index contributed by atoms with van der Waals surface area (Å²) in [6.45, 7) is 1.77. The van der Waals surface area contributed by atoms with Crippen molar-refractivity contribution in [2.45, 2.75) is 31.6 Å². The third-order valence-corrected chi connectivity index (χ3v) is 5.35. The van der Waals surface area contributed by atoms with Crippen LogP contribution in [-0.2, 0) is 0 Å². The quantitative estimate of drug-likeness (QED) is 0.537. The first-order chi connectivity index (χ1) is 14.2. The van der Waals surface area contributed by atoms with E-state index in [-0.39, 0.29) is 17.9 Å². The molecule has 1 aliphatic heterocycles. The van der Waals surface area contributed by atoms with Gasteiger partial charge in [0, 0.05) is 22.7 Å². The molecule has 0 fully saturated rings. The molecule has 0 aliphatic carbocycles. The third kappa shape index (κ3) is 4.18. The Morgan fingerprint density at radius 1 is 1.23 bits per heavy atom. The van der Waals surface area contributed by atoms with Gasteiger partial charge in [-0.05, 0) is 36.8 Å². The Kier molecular flexibility index (Phi) is 5.27. The summed E-state index contributed by atoms with van der Waals surface area (Å²) < 4.78 is 43.0. The Hall–Kier alpha value is -2.88. The van der Waals surface area contributed by atoms with E-state index in [0.29, 0.717) is 11.5 Å². The third-order valence-electron chi connectivity index (χ3n) is 4.82. The minimum atomic E-state index is -4.51. The molecule has 2 atom stereocenters. The van der Waals surface area contributed by atoms with E-state index in [1.807, 2.05) is 0 Å². The summed E-state index contributed by atoms with van der Waals surface area (Å²) in [7, 11) is 0. The first kappa shape index (κ1) is 20.4. The molecular formula is C20H17BrF3N5O. The molecule has 0 saturated heterocycles. The lowest BCUT2D eigenvalue weighted by molar-refractivity contribution is -0.173. The maximum Gasteiger partial charge on any atom is 0.410 e. The van der Waals surface area contributed by atoms with E-state index in [1.165, 1.54) is 6.07 Å². The van der Waals surface area contributed by atoms with Gasteiger partial charge in [-0.3, -0.25) is 4.79 Å². The summed E-state index contributed by atoms with van der Waals surface area (Å²) in [6, 6.07) is 11.1. The largest absolute Gasteiger partial charge is 0.410 e. The van der Waals surface area contributed by atoms with Crippen molar-refractivity contribution in [3.63, 3.8) is 0 Å². The molecule has 1 aromatic carbocycles. The lowest BCUT2D eigenvalue weighted by Gasteiger charge is -2.33. The number of alkyl halides is 3. The van der Waals surface area contributed by atoms with Gasteiger partial charge in [0.05, 0.1) is 6.04 Å². The number of halogens is 4. The van der Waals surface area contributed by atoms with Crippen LogP contribution in [0.5, 0.6) is 0 Å². The molecule has 3 heterocycles. The highest BCUT2D eigenvalue weighted by Crippen LogP contribution is 2.43. The molecule has 0 radical (unpaired) electrons. The van der Waals surface area contributed by atoms with Crippen LogP contribution in [0.3, 0.4) is 0 Å². The molecule has 30 heavy (non-hydrogen) atoms. The first-order valence-corrected chi connectivity index (χ1v) is 9.93. The van der Waals surface area contributed by atoms with Crippen LogP contribution in [0.15, 0.2) is 53.0 Å². The van der Waals surface area contributed by atoms with Crippen molar-refractivity contribution in [1.82, 2.24) is 14.8 Å². The van der Waals surface area contributed by atoms with Crippen molar-refractivity contribution in [3.8, 4) is 0 Å². The Morgan fingerprint density at radius 3 is 2.63 bits per heavy atom.